The summed E-state index contributed by atoms with van der Waals surface area (Å²) in [5.74, 6) is -1.13. The minimum absolute atomic E-state index is 0.0256. The quantitative estimate of drug-likeness (QED) is 0.771. The second-order valence-electron chi connectivity index (χ2n) is 3.73. The summed E-state index contributed by atoms with van der Waals surface area (Å²) in [6.07, 6.45) is 0. The Balaban J connectivity index is 2.80. The van der Waals surface area contributed by atoms with E-state index in [1.165, 1.54) is 23.1 Å². The largest absolute Gasteiger partial charge is 0.478 e. The van der Waals surface area contributed by atoms with E-state index < -0.39 is 5.97 Å². The number of likely N-dealkylation sites (N-methyl/N-ethyl adjacent to an activating group) is 1. The van der Waals surface area contributed by atoms with Gasteiger partial charge in [-0.3, -0.25) is 0 Å². The first-order chi connectivity index (χ1) is 8.99. The number of nitrogens with zero attached hydrogens (tertiary/aromatic N) is 1. The van der Waals surface area contributed by atoms with Gasteiger partial charge in [-0.1, -0.05) is 11.6 Å². The number of urea groups is 1. The number of rotatable bonds is 5. The van der Waals surface area contributed by atoms with Crippen LogP contribution in [0.3, 0.4) is 0 Å². The molecular weight excluding hydrogens is 272 g/mol. The number of anilines is 1. The average Bonchev–Trinajstić information content (AvgIpc) is 2.35. The Kier molecular flexibility index (Phi) is 5.59. The Morgan fingerprint density at radius 3 is 2.58 bits per heavy atom. The molecule has 19 heavy (non-hydrogen) atoms. The van der Waals surface area contributed by atoms with Crippen LogP contribution >= 0.6 is 11.6 Å². The smallest absolute Gasteiger partial charge is 0.337 e. The fraction of sp³-hybridized carbons (Fsp3) is 0.333. The molecule has 1 aromatic rings. The van der Waals surface area contributed by atoms with E-state index in [1.807, 2.05) is 0 Å². The fourth-order valence-electron chi connectivity index (χ4n) is 1.49. The van der Waals surface area contributed by atoms with Gasteiger partial charge in [0.1, 0.15) is 0 Å². The van der Waals surface area contributed by atoms with Crippen molar-refractivity contribution in [2.45, 2.75) is 6.92 Å². The van der Waals surface area contributed by atoms with Gasteiger partial charge in [0.25, 0.3) is 0 Å². The SMILES string of the molecule is CCN(CCO)C(=O)Nc1ccc(C(=O)O)c(Cl)c1. The van der Waals surface area contributed by atoms with Crippen LogP contribution in [0.5, 0.6) is 0 Å². The van der Waals surface area contributed by atoms with E-state index in [0.29, 0.717) is 12.2 Å². The van der Waals surface area contributed by atoms with E-state index in [-0.39, 0.29) is 29.8 Å². The van der Waals surface area contributed by atoms with Crippen molar-refractivity contribution in [2.75, 3.05) is 25.0 Å². The number of benzene rings is 1. The van der Waals surface area contributed by atoms with E-state index in [9.17, 15) is 9.59 Å². The first-order valence-electron chi connectivity index (χ1n) is 5.69. The molecule has 2 amide bonds. The van der Waals surface area contributed by atoms with Crippen LogP contribution in [0.1, 0.15) is 17.3 Å². The number of amides is 2. The van der Waals surface area contributed by atoms with Crippen molar-refractivity contribution in [3.8, 4) is 0 Å². The molecule has 0 aromatic heterocycles. The van der Waals surface area contributed by atoms with Gasteiger partial charge in [0.2, 0.25) is 0 Å². The standard InChI is InChI=1S/C12H15ClN2O4/c1-2-15(5-6-16)12(19)14-8-3-4-9(11(17)18)10(13)7-8/h3-4,7,16H,2,5-6H2,1H3,(H,14,19)(H,17,18). The highest BCUT2D eigenvalue weighted by Gasteiger charge is 2.13. The maximum absolute atomic E-state index is 11.8. The molecule has 0 unspecified atom stereocenters. The average molecular weight is 287 g/mol. The van der Waals surface area contributed by atoms with Gasteiger partial charge in [-0.25, -0.2) is 9.59 Å². The van der Waals surface area contributed by atoms with Crippen molar-refractivity contribution in [1.82, 2.24) is 4.90 Å². The third-order valence-corrected chi connectivity index (χ3v) is 2.80. The van der Waals surface area contributed by atoms with Crippen LogP contribution < -0.4 is 5.32 Å². The molecule has 0 aliphatic heterocycles. The number of carboxylic acid groups (broad SMARTS) is 1. The van der Waals surface area contributed by atoms with Gasteiger partial charge in [0.05, 0.1) is 17.2 Å². The number of halogens is 1. The minimum Gasteiger partial charge on any atom is -0.478 e. The molecule has 0 atom stereocenters. The maximum atomic E-state index is 11.8. The van der Waals surface area contributed by atoms with Crippen molar-refractivity contribution in [1.29, 1.82) is 0 Å². The summed E-state index contributed by atoms with van der Waals surface area (Å²) in [6, 6.07) is 3.77. The summed E-state index contributed by atoms with van der Waals surface area (Å²) >= 11 is 5.80. The number of hydrogen-bond donors (Lipinski definition) is 3. The number of hydrogen-bond acceptors (Lipinski definition) is 3. The third-order valence-electron chi connectivity index (χ3n) is 2.49. The topological polar surface area (TPSA) is 89.9 Å². The monoisotopic (exact) mass is 286 g/mol. The molecule has 0 aliphatic carbocycles. The summed E-state index contributed by atoms with van der Waals surface area (Å²) in [7, 11) is 0. The Labute approximate surface area is 115 Å². The van der Waals surface area contributed by atoms with E-state index in [1.54, 1.807) is 6.92 Å². The highest BCUT2D eigenvalue weighted by molar-refractivity contribution is 6.33. The van der Waals surface area contributed by atoms with Gasteiger partial charge in [-0.05, 0) is 25.1 Å². The highest BCUT2D eigenvalue weighted by atomic mass is 35.5. The molecule has 0 heterocycles. The Bertz CT molecular complexity index is 479. The summed E-state index contributed by atoms with van der Waals surface area (Å²) in [5.41, 5.74) is 0.374. The Morgan fingerprint density at radius 2 is 2.11 bits per heavy atom. The summed E-state index contributed by atoms with van der Waals surface area (Å²) in [5, 5.41) is 20.3. The Hall–Kier alpha value is -1.79. The van der Waals surface area contributed by atoms with E-state index >= 15 is 0 Å². The van der Waals surface area contributed by atoms with Gasteiger partial charge in [0, 0.05) is 18.8 Å². The Morgan fingerprint density at radius 1 is 1.42 bits per heavy atom. The lowest BCUT2D eigenvalue weighted by molar-refractivity contribution is 0.0697. The molecule has 1 aromatic carbocycles. The first kappa shape index (κ1) is 15.3. The number of carboxylic acids is 1. The van der Waals surface area contributed by atoms with Crippen molar-refractivity contribution in [3.63, 3.8) is 0 Å². The van der Waals surface area contributed by atoms with Crippen LogP contribution in [0, 0.1) is 0 Å². The molecule has 0 aliphatic rings. The van der Waals surface area contributed by atoms with Crippen LogP contribution in [-0.2, 0) is 0 Å². The second-order valence-corrected chi connectivity index (χ2v) is 4.14. The van der Waals surface area contributed by atoms with Crippen molar-refractivity contribution in [3.05, 3.63) is 28.8 Å². The van der Waals surface area contributed by atoms with Gasteiger partial charge in [0.15, 0.2) is 0 Å². The van der Waals surface area contributed by atoms with Crippen molar-refractivity contribution >= 4 is 29.3 Å². The van der Waals surface area contributed by atoms with E-state index in [0.717, 1.165) is 0 Å². The highest BCUT2D eigenvalue weighted by Crippen LogP contribution is 2.21. The van der Waals surface area contributed by atoms with Crippen LogP contribution in [-0.4, -0.2) is 46.8 Å². The number of aliphatic hydroxyl groups is 1. The molecule has 0 saturated heterocycles. The first-order valence-corrected chi connectivity index (χ1v) is 6.07. The third kappa shape index (κ3) is 4.11. The molecule has 0 saturated carbocycles. The molecule has 7 heteroatoms. The lowest BCUT2D eigenvalue weighted by atomic mass is 10.2. The van der Waals surface area contributed by atoms with Gasteiger partial charge in [-0.15, -0.1) is 0 Å². The summed E-state index contributed by atoms with van der Waals surface area (Å²) in [4.78, 5) is 24.0. The molecule has 0 spiro atoms. The zero-order chi connectivity index (χ0) is 14.4. The molecule has 0 fully saturated rings. The van der Waals surface area contributed by atoms with Crippen LogP contribution in [0.25, 0.3) is 0 Å². The zero-order valence-electron chi connectivity index (χ0n) is 10.4. The summed E-state index contributed by atoms with van der Waals surface area (Å²) < 4.78 is 0. The number of carbonyl (C=O) groups excluding carboxylic acids is 1. The lowest BCUT2D eigenvalue weighted by Crippen LogP contribution is -2.36. The summed E-state index contributed by atoms with van der Waals surface area (Å²) in [6.45, 7) is 2.34. The van der Waals surface area contributed by atoms with Crippen LogP contribution in [0.4, 0.5) is 10.5 Å². The molecule has 0 bridgehead atoms. The van der Waals surface area contributed by atoms with Gasteiger partial charge in [-0.2, -0.15) is 0 Å². The maximum Gasteiger partial charge on any atom is 0.337 e. The van der Waals surface area contributed by atoms with Crippen molar-refractivity contribution in [2.24, 2.45) is 0 Å². The van der Waals surface area contributed by atoms with Gasteiger partial charge < -0.3 is 20.4 Å². The normalized spacial score (nSPS) is 10.1. The fourth-order valence-corrected chi connectivity index (χ4v) is 1.75. The number of aliphatic hydroxyl groups excluding tert-OH is 1. The number of nitrogens with one attached hydrogen (secondary N) is 1. The molecule has 3 N–H and O–H groups in total. The van der Waals surface area contributed by atoms with Crippen LogP contribution in [0.15, 0.2) is 18.2 Å². The second kappa shape index (κ2) is 6.96. The molecule has 6 nitrogen and oxygen atoms in total. The van der Waals surface area contributed by atoms with E-state index in [4.69, 9.17) is 21.8 Å². The number of aromatic carboxylic acids is 1. The predicted molar refractivity (Wildman–Crippen MR) is 71.8 cm³/mol. The zero-order valence-corrected chi connectivity index (χ0v) is 11.1. The van der Waals surface area contributed by atoms with Gasteiger partial charge >= 0.3 is 12.0 Å². The molecule has 0 radical (unpaired) electrons. The molecule has 1 rings (SSSR count). The van der Waals surface area contributed by atoms with Crippen molar-refractivity contribution < 1.29 is 19.8 Å². The predicted octanol–water partition coefficient (Wildman–Crippen LogP) is 1.88. The van der Waals surface area contributed by atoms with E-state index in [2.05, 4.69) is 5.32 Å². The van der Waals surface area contributed by atoms with Crippen LogP contribution in [0.2, 0.25) is 5.02 Å². The molecular formula is C12H15ClN2O4. The lowest BCUT2D eigenvalue weighted by Gasteiger charge is -2.20. The minimum atomic E-state index is -1.13. The number of carbonyl (C=O) groups is 2. The molecule has 104 valence electrons.